The Labute approximate surface area is 156 Å². The SMILES string of the molecule is Cc1cccc(N(CCC#N)C(=O)CN(CC2CCOC2)C2CC2)c1C. The van der Waals surface area contributed by atoms with Gasteiger partial charge in [0.1, 0.15) is 0 Å². The number of aryl methyl sites for hydroxylation is 1. The number of hydrogen-bond donors (Lipinski definition) is 0. The van der Waals surface area contributed by atoms with E-state index in [2.05, 4.69) is 24.0 Å². The number of nitrogens with zero attached hydrogens (tertiary/aromatic N) is 3. The lowest BCUT2D eigenvalue weighted by Crippen LogP contribution is -2.44. The van der Waals surface area contributed by atoms with Crippen LogP contribution in [0.25, 0.3) is 0 Å². The number of rotatable bonds is 8. The van der Waals surface area contributed by atoms with Crippen LogP contribution in [0.3, 0.4) is 0 Å². The van der Waals surface area contributed by atoms with Crippen molar-refractivity contribution in [3.63, 3.8) is 0 Å². The summed E-state index contributed by atoms with van der Waals surface area (Å²) in [7, 11) is 0. The summed E-state index contributed by atoms with van der Waals surface area (Å²) in [6.07, 6.45) is 3.80. The summed E-state index contributed by atoms with van der Waals surface area (Å²) >= 11 is 0. The third-order valence-electron chi connectivity index (χ3n) is 5.53. The van der Waals surface area contributed by atoms with Gasteiger partial charge in [-0.25, -0.2) is 0 Å². The molecule has 2 aliphatic rings. The molecule has 0 radical (unpaired) electrons. The predicted octanol–water partition coefficient (Wildman–Crippen LogP) is 3.05. The highest BCUT2D eigenvalue weighted by atomic mass is 16.5. The fourth-order valence-corrected chi connectivity index (χ4v) is 3.67. The van der Waals surface area contributed by atoms with Crippen LogP contribution in [-0.2, 0) is 9.53 Å². The molecule has 1 aliphatic heterocycles. The minimum Gasteiger partial charge on any atom is -0.381 e. The van der Waals surface area contributed by atoms with Crippen LogP contribution in [-0.4, -0.2) is 49.7 Å². The molecule has 1 unspecified atom stereocenters. The second-order valence-electron chi connectivity index (χ2n) is 7.56. The highest BCUT2D eigenvalue weighted by Gasteiger charge is 2.34. The highest BCUT2D eigenvalue weighted by molar-refractivity contribution is 5.95. The van der Waals surface area contributed by atoms with Gasteiger partial charge in [0.25, 0.3) is 0 Å². The molecule has 1 saturated heterocycles. The normalized spacial score (nSPS) is 19.5. The number of carbonyl (C=O) groups is 1. The average molecular weight is 355 g/mol. The number of hydrogen-bond acceptors (Lipinski definition) is 4. The summed E-state index contributed by atoms with van der Waals surface area (Å²) in [5.41, 5.74) is 3.21. The standard InChI is InChI=1S/C21H29N3O2/c1-16-5-3-6-20(17(16)2)24(11-4-10-22)21(25)14-23(19-7-8-19)13-18-9-12-26-15-18/h3,5-6,18-19H,4,7-9,11-15H2,1-2H3. The number of anilines is 1. The lowest BCUT2D eigenvalue weighted by molar-refractivity contribution is -0.120. The van der Waals surface area contributed by atoms with Crippen molar-refractivity contribution >= 4 is 11.6 Å². The minimum absolute atomic E-state index is 0.0970. The van der Waals surface area contributed by atoms with Gasteiger partial charge in [-0.1, -0.05) is 12.1 Å². The highest BCUT2D eigenvalue weighted by Crippen LogP contribution is 2.30. The molecule has 0 bridgehead atoms. The summed E-state index contributed by atoms with van der Waals surface area (Å²) in [4.78, 5) is 17.3. The predicted molar refractivity (Wildman–Crippen MR) is 102 cm³/mol. The second kappa shape index (κ2) is 8.66. The van der Waals surface area contributed by atoms with E-state index >= 15 is 0 Å². The van der Waals surface area contributed by atoms with Gasteiger partial charge in [0.2, 0.25) is 5.91 Å². The van der Waals surface area contributed by atoms with E-state index in [1.165, 1.54) is 18.4 Å². The molecule has 2 fully saturated rings. The van der Waals surface area contributed by atoms with Gasteiger partial charge in [-0.05, 0) is 56.2 Å². The first-order chi connectivity index (χ1) is 12.6. The molecule has 5 heteroatoms. The zero-order valence-corrected chi connectivity index (χ0v) is 15.9. The van der Waals surface area contributed by atoms with Gasteiger partial charge in [0, 0.05) is 31.4 Å². The molecule has 1 saturated carbocycles. The summed E-state index contributed by atoms with van der Waals surface area (Å²) in [6.45, 7) is 7.58. The number of carbonyl (C=O) groups excluding carboxylic acids is 1. The molecule has 26 heavy (non-hydrogen) atoms. The Bertz CT molecular complexity index is 672. The van der Waals surface area contributed by atoms with Crippen molar-refractivity contribution in [3.8, 4) is 6.07 Å². The van der Waals surface area contributed by atoms with Crippen LogP contribution in [0.4, 0.5) is 5.69 Å². The molecular weight excluding hydrogens is 326 g/mol. The minimum atomic E-state index is 0.0970. The fourth-order valence-electron chi connectivity index (χ4n) is 3.67. The van der Waals surface area contributed by atoms with Crippen molar-refractivity contribution in [2.45, 2.75) is 45.6 Å². The molecular formula is C21H29N3O2. The van der Waals surface area contributed by atoms with E-state index in [0.29, 0.717) is 31.5 Å². The Morgan fingerprint density at radius 3 is 2.77 bits per heavy atom. The van der Waals surface area contributed by atoms with Crippen molar-refractivity contribution in [1.82, 2.24) is 4.90 Å². The monoisotopic (exact) mass is 355 g/mol. The van der Waals surface area contributed by atoms with Crippen LogP contribution in [0.2, 0.25) is 0 Å². The lowest BCUT2D eigenvalue weighted by atomic mass is 10.1. The van der Waals surface area contributed by atoms with Crippen molar-refractivity contribution in [3.05, 3.63) is 29.3 Å². The molecule has 0 spiro atoms. The topological polar surface area (TPSA) is 56.6 Å². The Kier molecular flexibility index (Phi) is 6.29. The first-order valence-corrected chi connectivity index (χ1v) is 9.65. The molecule has 0 N–H and O–H groups in total. The molecule has 3 rings (SSSR count). The number of nitriles is 1. The number of benzene rings is 1. The van der Waals surface area contributed by atoms with Crippen molar-refractivity contribution in [2.24, 2.45) is 5.92 Å². The maximum absolute atomic E-state index is 13.2. The molecule has 1 heterocycles. The lowest BCUT2D eigenvalue weighted by Gasteiger charge is -2.29. The van der Waals surface area contributed by atoms with Gasteiger partial charge in [-0.2, -0.15) is 5.26 Å². The number of amides is 1. The van der Waals surface area contributed by atoms with E-state index in [9.17, 15) is 4.79 Å². The Morgan fingerprint density at radius 2 is 2.12 bits per heavy atom. The van der Waals surface area contributed by atoms with E-state index in [1.54, 1.807) is 0 Å². The third-order valence-corrected chi connectivity index (χ3v) is 5.53. The zero-order chi connectivity index (χ0) is 18.5. The van der Waals surface area contributed by atoms with E-state index in [1.807, 2.05) is 24.0 Å². The van der Waals surface area contributed by atoms with Gasteiger partial charge in [0.05, 0.1) is 25.6 Å². The van der Waals surface area contributed by atoms with E-state index in [4.69, 9.17) is 10.00 Å². The summed E-state index contributed by atoms with van der Waals surface area (Å²) in [6, 6.07) is 8.75. The number of ether oxygens (including phenoxy) is 1. The van der Waals surface area contributed by atoms with Gasteiger partial charge in [-0.3, -0.25) is 9.69 Å². The smallest absolute Gasteiger partial charge is 0.241 e. The Hall–Kier alpha value is -1.90. The molecule has 1 aliphatic carbocycles. The maximum atomic E-state index is 13.2. The van der Waals surface area contributed by atoms with Crippen LogP contribution in [0.5, 0.6) is 0 Å². The van der Waals surface area contributed by atoms with Crippen molar-refractivity contribution in [1.29, 1.82) is 5.26 Å². The third kappa shape index (κ3) is 4.63. The van der Waals surface area contributed by atoms with Crippen LogP contribution in [0.1, 0.15) is 36.8 Å². The summed E-state index contributed by atoms with van der Waals surface area (Å²) < 4.78 is 5.50. The fraction of sp³-hybridized carbons (Fsp3) is 0.619. The van der Waals surface area contributed by atoms with Crippen LogP contribution >= 0.6 is 0 Å². The van der Waals surface area contributed by atoms with Crippen LogP contribution < -0.4 is 4.90 Å². The summed E-state index contributed by atoms with van der Waals surface area (Å²) in [5.74, 6) is 0.636. The largest absolute Gasteiger partial charge is 0.381 e. The Balaban J connectivity index is 1.73. The Morgan fingerprint density at radius 1 is 1.31 bits per heavy atom. The van der Waals surface area contributed by atoms with Gasteiger partial charge in [-0.15, -0.1) is 0 Å². The molecule has 0 aromatic heterocycles. The van der Waals surface area contributed by atoms with Gasteiger partial charge >= 0.3 is 0 Å². The van der Waals surface area contributed by atoms with Crippen LogP contribution in [0.15, 0.2) is 18.2 Å². The molecule has 140 valence electrons. The molecule has 1 aromatic carbocycles. The van der Waals surface area contributed by atoms with E-state index in [0.717, 1.165) is 37.4 Å². The molecule has 1 amide bonds. The van der Waals surface area contributed by atoms with Gasteiger partial charge < -0.3 is 9.64 Å². The summed E-state index contributed by atoms with van der Waals surface area (Å²) in [5, 5.41) is 9.03. The molecule has 1 atom stereocenters. The maximum Gasteiger partial charge on any atom is 0.241 e. The zero-order valence-electron chi connectivity index (χ0n) is 15.9. The average Bonchev–Trinajstić information content (AvgIpc) is 3.35. The first kappa shape index (κ1) is 18.9. The second-order valence-corrected chi connectivity index (χ2v) is 7.56. The first-order valence-electron chi connectivity index (χ1n) is 9.65. The molecule has 1 aromatic rings. The molecule has 5 nitrogen and oxygen atoms in total. The quantitative estimate of drug-likeness (QED) is 0.719. The van der Waals surface area contributed by atoms with Gasteiger partial charge in [0.15, 0.2) is 0 Å². The van der Waals surface area contributed by atoms with Crippen molar-refractivity contribution in [2.75, 3.05) is 37.7 Å². The van der Waals surface area contributed by atoms with E-state index in [-0.39, 0.29) is 5.91 Å². The van der Waals surface area contributed by atoms with E-state index < -0.39 is 0 Å². The van der Waals surface area contributed by atoms with Crippen LogP contribution in [0, 0.1) is 31.1 Å². The van der Waals surface area contributed by atoms with Crippen molar-refractivity contribution < 1.29 is 9.53 Å².